The highest BCUT2D eigenvalue weighted by atomic mass is 32.1. The Morgan fingerprint density at radius 3 is 2.90 bits per heavy atom. The minimum absolute atomic E-state index is 0.0146. The van der Waals surface area contributed by atoms with Gasteiger partial charge in [-0.05, 0) is 43.2 Å². The van der Waals surface area contributed by atoms with Crippen LogP contribution in [0, 0.1) is 11.8 Å². The summed E-state index contributed by atoms with van der Waals surface area (Å²) in [6.07, 6.45) is 3.91. The van der Waals surface area contributed by atoms with Crippen LogP contribution in [0.1, 0.15) is 39.9 Å². The molecule has 1 aromatic heterocycles. The Labute approximate surface area is 122 Å². The average molecular weight is 293 g/mol. The van der Waals surface area contributed by atoms with Crippen molar-refractivity contribution >= 4 is 23.2 Å². The van der Waals surface area contributed by atoms with E-state index in [2.05, 4.69) is 6.92 Å². The van der Waals surface area contributed by atoms with Crippen molar-refractivity contribution in [1.29, 1.82) is 0 Å². The van der Waals surface area contributed by atoms with Crippen LogP contribution in [0.15, 0.2) is 6.07 Å². The third-order valence-corrected chi connectivity index (χ3v) is 5.59. The fourth-order valence-electron chi connectivity index (χ4n) is 3.11. The fourth-order valence-corrected chi connectivity index (χ4v) is 4.29. The van der Waals surface area contributed by atoms with Crippen LogP contribution in [0.2, 0.25) is 0 Å². The average Bonchev–Trinajstić information content (AvgIpc) is 3.03. The van der Waals surface area contributed by atoms with Crippen LogP contribution in [0.5, 0.6) is 0 Å². The molecule has 1 fully saturated rings. The second kappa shape index (κ2) is 5.20. The summed E-state index contributed by atoms with van der Waals surface area (Å²) in [5.74, 6) is -0.475. The van der Waals surface area contributed by atoms with Crippen molar-refractivity contribution in [2.75, 3.05) is 13.1 Å². The van der Waals surface area contributed by atoms with Gasteiger partial charge in [-0.3, -0.25) is 9.59 Å². The Kier molecular flexibility index (Phi) is 3.54. The molecule has 0 aromatic carbocycles. The summed E-state index contributed by atoms with van der Waals surface area (Å²) < 4.78 is 0. The van der Waals surface area contributed by atoms with Crippen molar-refractivity contribution in [3.05, 3.63) is 21.4 Å². The van der Waals surface area contributed by atoms with Crippen LogP contribution < -0.4 is 0 Å². The number of fused-ring (bicyclic) bond motifs is 1. The molecule has 2 atom stereocenters. The van der Waals surface area contributed by atoms with Gasteiger partial charge in [0.1, 0.15) is 0 Å². The number of carbonyl (C=O) groups excluding carboxylic acids is 1. The first kappa shape index (κ1) is 13.6. The van der Waals surface area contributed by atoms with Crippen molar-refractivity contribution in [3.63, 3.8) is 0 Å². The molecule has 1 aliphatic heterocycles. The number of carboxylic acids is 1. The lowest BCUT2D eigenvalue weighted by molar-refractivity contribution is -0.141. The molecular weight excluding hydrogens is 274 g/mol. The van der Waals surface area contributed by atoms with Crippen LogP contribution in [-0.2, 0) is 17.6 Å². The summed E-state index contributed by atoms with van der Waals surface area (Å²) >= 11 is 1.60. The van der Waals surface area contributed by atoms with Crippen molar-refractivity contribution in [2.45, 2.75) is 32.6 Å². The highest BCUT2D eigenvalue weighted by molar-refractivity contribution is 7.14. The normalized spacial score (nSPS) is 25.6. The highest BCUT2D eigenvalue weighted by Gasteiger charge is 2.32. The number of aryl methyl sites for hydroxylation is 1. The predicted octanol–water partition coefficient (Wildman–Crippen LogP) is 2.42. The van der Waals surface area contributed by atoms with Gasteiger partial charge in [0.15, 0.2) is 0 Å². The number of carbonyl (C=O) groups is 2. The Morgan fingerprint density at radius 1 is 1.40 bits per heavy atom. The molecule has 2 heterocycles. The van der Waals surface area contributed by atoms with Crippen LogP contribution in [0.3, 0.4) is 0 Å². The smallest absolute Gasteiger partial charge is 0.308 e. The van der Waals surface area contributed by atoms with E-state index in [1.807, 2.05) is 6.07 Å². The van der Waals surface area contributed by atoms with E-state index in [9.17, 15) is 9.59 Å². The lowest BCUT2D eigenvalue weighted by Crippen LogP contribution is -2.29. The first-order chi connectivity index (χ1) is 9.54. The zero-order valence-electron chi connectivity index (χ0n) is 11.6. The van der Waals surface area contributed by atoms with E-state index in [0.717, 1.165) is 17.7 Å². The van der Waals surface area contributed by atoms with Crippen LogP contribution in [-0.4, -0.2) is 35.0 Å². The third kappa shape index (κ3) is 2.46. The Hall–Kier alpha value is -1.36. The molecular formula is C15H19NO3S. The molecule has 4 nitrogen and oxygen atoms in total. The van der Waals surface area contributed by atoms with Crippen molar-refractivity contribution in [3.8, 4) is 0 Å². The molecule has 1 N–H and O–H groups in total. The maximum Gasteiger partial charge on any atom is 0.308 e. The van der Waals surface area contributed by atoms with Gasteiger partial charge in [-0.15, -0.1) is 11.3 Å². The number of likely N-dealkylation sites (tertiary alicyclic amines) is 1. The second-order valence-electron chi connectivity index (χ2n) is 5.98. The predicted molar refractivity (Wildman–Crippen MR) is 77.2 cm³/mol. The number of thiophene rings is 1. The molecule has 0 saturated carbocycles. The topological polar surface area (TPSA) is 57.6 Å². The molecule has 20 heavy (non-hydrogen) atoms. The van der Waals surface area contributed by atoms with E-state index in [0.29, 0.717) is 25.4 Å². The SMILES string of the molecule is C[C@H]1CCc2sc(C(=O)N3CC[C@H](C(=O)O)C3)cc2C1. The summed E-state index contributed by atoms with van der Waals surface area (Å²) in [7, 11) is 0. The molecule has 108 valence electrons. The van der Waals surface area contributed by atoms with Crippen molar-refractivity contribution in [1.82, 2.24) is 4.90 Å². The summed E-state index contributed by atoms with van der Waals surface area (Å²) in [6.45, 7) is 3.17. The van der Waals surface area contributed by atoms with Crippen LogP contribution in [0.25, 0.3) is 0 Å². The molecule has 1 saturated heterocycles. The Bertz CT molecular complexity index is 551. The van der Waals surface area contributed by atoms with Gasteiger partial charge in [0.25, 0.3) is 5.91 Å². The number of hydrogen-bond donors (Lipinski definition) is 1. The molecule has 5 heteroatoms. The van der Waals surface area contributed by atoms with E-state index in [-0.39, 0.29) is 5.91 Å². The zero-order chi connectivity index (χ0) is 14.3. The Balaban J connectivity index is 1.74. The molecule has 0 radical (unpaired) electrons. The van der Waals surface area contributed by atoms with Crippen LogP contribution >= 0.6 is 11.3 Å². The lowest BCUT2D eigenvalue weighted by atomic mass is 9.90. The number of carboxylic acid groups (broad SMARTS) is 1. The first-order valence-electron chi connectivity index (χ1n) is 7.18. The standard InChI is InChI=1S/C15H19NO3S/c1-9-2-3-12-11(6-9)7-13(20-12)14(17)16-5-4-10(8-16)15(18)19/h7,9-10H,2-6,8H2,1H3,(H,18,19)/t9-,10-/m0/s1. The summed E-state index contributed by atoms with van der Waals surface area (Å²) in [5.41, 5.74) is 1.33. The monoisotopic (exact) mass is 293 g/mol. The highest BCUT2D eigenvalue weighted by Crippen LogP contribution is 2.33. The third-order valence-electron chi connectivity index (χ3n) is 4.36. The van der Waals surface area contributed by atoms with Gasteiger partial charge in [0.05, 0.1) is 10.8 Å². The van der Waals surface area contributed by atoms with Gasteiger partial charge in [-0.2, -0.15) is 0 Å². The largest absolute Gasteiger partial charge is 0.481 e. The quantitative estimate of drug-likeness (QED) is 0.911. The van der Waals surface area contributed by atoms with Crippen molar-refractivity contribution in [2.24, 2.45) is 11.8 Å². The molecule has 2 aliphatic rings. The fraction of sp³-hybridized carbons (Fsp3) is 0.600. The maximum absolute atomic E-state index is 12.5. The molecule has 0 spiro atoms. The van der Waals surface area contributed by atoms with Crippen LogP contribution in [0.4, 0.5) is 0 Å². The Morgan fingerprint density at radius 2 is 2.20 bits per heavy atom. The van der Waals surface area contributed by atoms with E-state index < -0.39 is 11.9 Å². The van der Waals surface area contributed by atoms with Crippen molar-refractivity contribution < 1.29 is 14.7 Å². The van der Waals surface area contributed by atoms with Gasteiger partial charge in [-0.25, -0.2) is 0 Å². The van der Waals surface area contributed by atoms with E-state index in [4.69, 9.17) is 5.11 Å². The number of rotatable bonds is 2. The van der Waals surface area contributed by atoms with Gasteiger partial charge in [0, 0.05) is 18.0 Å². The van der Waals surface area contributed by atoms with E-state index in [1.165, 1.54) is 16.9 Å². The first-order valence-corrected chi connectivity index (χ1v) is 8.00. The minimum Gasteiger partial charge on any atom is -0.481 e. The van der Waals surface area contributed by atoms with E-state index in [1.54, 1.807) is 16.2 Å². The minimum atomic E-state index is -0.792. The number of nitrogens with zero attached hydrogens (tertiary/aromatic N) is 1. The molecule has 3 rings (SSSR count). The molecule has 1 aliphatic carbocycles. The lowest BCUT2D eigenvalue weighted by Gasteiger charge is -2.16. The van der Waals surface area contributed by atoms with E-state index >= 15 is 0 Å². The molecule has 1 aromatic rings. The zero-order valence-corrected chi connectivity index (χ0v) is 12.4. The van der Waals surface area contributed by atoms with Gasteiger partial charge in [0.2, 0.25) is 0 Å². The number of hydrogen-bond acceptors (Lipinski definition) is 3. The van der Waals surface area contributed by atoms with Gasteiger partial charge in [-0.1, -0.05) is 6.92 Å². The summed E-state index contributed by atoms with van der Waals surface area (Å²) in [5, 5.41) is 9.01. The number of aliphatic carboxylic acids is 1. The maximum atomic E-state index is 12.5. The molecule has 1 amide bonds. The summed E-state index contributed by atoms with van der Waals surface area (Å²) in [6, 6.07) is 2.03. The number of amides is 1. The summed E-state index contributed by atoms with van der Waals surface area (Å²) in [4.78, 5) is 27.3. The van der Waals surface area contributed by atoms with Gasteiger partial charge >= 0.3 is 5.97 Å². The molecule has 0 unspecified atom stereocenters. The molecule has 0 bridgehead atoms. The van der Waals surface area contributed by atoms with Gasteiger partial charge < -0.3 is 10.0 Å². The second-order valence-corrected chi connectivity index (χ2v) is 7.12.